The molecule has 2 aromatic rings. The van der Waals surface area contributed by atoms with Gasteiger partial charge in [-0.05, 0) is 62.1 Å². The van der Waals surface area contributed by atoms with E-state index in [4.69, 9.17) is 0 Å². The van der Waals surface area contributed by atoms with Gasteiger partial charge in [0.15, 0.2) is 0 Å². The van der Waals surface area contributed by atoms with E-state index < -0.39 is 0 Å². The van der Waals surface area contributed by atoms with Crippen molar-refractivity contribution in [2.75, 3.05) is 37.6 Å². The number of nitrogens with zero attached hydrogens (tertiary/aromatic N) is 3. The van der Waals surface area contributed by atoms with Gasteiger partial charge >= 0.3 is 0 Å². The van der Waals surface area contributed by atoms with E-state index >= 15 is 0 Å². The Morgan fingerprint density at radius 1 is 1.07 bits per heavy atom. The van der Waals surface area contributed by atoms with Crippen LogP contribution in [-0.4, -0.2) is 48.5 Å². The van der Waals surface area contributed by atoms with Crippen LogP contribution in [0, 0.1) is 20.8 Å². The van der Waals surface area contributed by atoms with Gasteiger partial charge in [0.2, 0.25) is 5.91 Å². The molecule has 1 aromatic carbocycles. The highest BCUT2D eigenvalue weighted by atomic mass is 16.2. The highest BCUT2D eigenvalue weighted by Crippen LogP contribution is 2.21. The SMILES string of the molecule is Cc1cc(C)c([C@H](C)NC(=O)CN2CCN(c3ccccn3)CC2)cc1C. The number of carbonyl (C=O) groups excluding carboxylic acids is 1. The molecule has 144 valence electrons. The van der Waals surface area contributed by atoms with Crippen molar-refractivity contribution < 1.29 is 4.79 Å². The van der Waals surface area contributed by atoms with Gasteiger partial charge in [-0.3, -0.25) is 9.69 Å². The van der Waals surface area contributed by atoms with E-state index in [2.05, 4.69) is 59.9 Å². The molecule has 1 atom stereocenters. The summed E-state index contributed by atoms with van der Waals surface area (Å²) in [7, 11) is 0. The zero-order valence-corrected chi connectivity index (χ0v) is 16.8. The maximum atomic E-state index is 12.5. The summed E-state index contributed by atoms with van der Waals surface area (Å²) in [6, 6.07) is 10.4. The van der Waals surface area contributed by atoms with Gasteiger partial charge in [-0.25, -0.2) is 4.98 Å². The van der Waals surface area contributed by atoms with Crippen LogP contribution in [0.3, 0.4) is 0 Å². The lowest BCUT2D eigenvalue weighted by molar-refractivity contribution is -0.123. The number of hydrogen-bond acceptors (Lipinski definition) is 4. The molecular formula is C22H30N4O. The number of piperazine rings is 1. The van der Waals surface area contributed by atoms with Gasteiger partial charge in [-0.1, -0.05) is 18.2 Å². The largest absolute Gasteiger partial charge is 0.354 e. The van der Waals surface area contributed by atoms with Crippen molar-refractivity contribution in [1.29, 1.82) is 0 Å². The molecule has 1 aliphatic rings. The maximum absolute atomic E-state index is 12.5. The quantitative estimate of drug-likeness (QED) is 0.884. The first-order valence-corrected chi connectivity index (χ1v) is 9.69. The van der Waals surface area contributed by atoms with Gasteiger partial charge in [0.05, 0.1) is 12.6 Å². The molecule has 5 heteroatoms. The summed E-state index contributed by atoms with van der Waals surface area (Å²) in [6.07, 6.45) is 1.82. The highest BCUT2D eigenvalue weighted by Gasteiger charge is 2.21. The van der Waals surface area contributed by atoms with Crippen LogP contribution in [0.2, 0.25) is 0 Å². The van der Waals surface area contributed by atoms with Crippen LogP contribution in [0.15, 0.2) is 36.5 Å². The minimum atomic E-state index is 0.0200. The number of amides is 1. The summed E-state index contributed by atoms with van der Waals surface area (Å²) in [5, 5.41) is 3.17. The van der Waals surface area contributed by atoms with Crippen LogP contribution < -0.4 is 10.2 Å². The van der Waals surface area contributed by atoms with Crippen LogP contribution in [-0.2, 0) is 4.79 Å². The van der Waals surface area contributed by atoms with Crippen LogP contribution >= 0.6 is 0 Å². The average molecular weight is 367 g/mol. The molecule has 0 spiro atoms. The number of hydrogen-bond donors (Lipinski definition) is 1. The molecule has 1 aromatic heterocycles. The zero-order valence-electron chi connectivity index (χ0n) is 16.8. The van der Waals surface area contributed by atoms with E-state index in [-0.39, 0.29) is 11.9 Å². The fourth-order valence-corrected chi connectivity index (χ4v) is 3.69. The standard InChI is InChI=1S/C22H30N4O/c1-16-13-18(3)20(14-17(16)2)19(4)24-22(27)15-25-9-11-26(12-10-25)21-7-5-6-8-23-21/h5-8,13-14,19H,9-12,15H2,1-4H3,(H,24,27)/t19-/m0/s1. The van der Waals surface area contributed by atoms with E-state index in [1.165, 1.54) is 22.3 Å². The molecule has 1 aliphatic heterocycles. The van der Waals surface area contributed by atoms with Crippen molar-refractivity contribution in [3.63, 3.8) is 0 Å². The number of aromatic nitrogens is 1. The summed E-state index contributed by atoms with van der Waals surface area (Å²) >= 11 is 0. The number of nitrogens with one attached hydrogen (secondary N) is 1. The third-order valence-corrected chi connectivity index (χ3v) is 5.44. The summed E-state index contributed by atoms with van der Waals surface area (Å²) < 4.78 is 0. The molecule has 1 saturated heterocycles. The predicted molar refractivity (Wildman–Crippen MR) is 110 cm³/mol. The van der Waals surface area contributed by atoms with Gasteiger partial charge in [-0.2, -0.15) is 0 Å². The molecule has 0 radical (unpaired) electrons. The Morgan fingerprint density at radius 3 is 2.44 bits per heavy atom. The minimum Gasteiger partial charge on any atom is -0.354 e. The van der Waals surface area contributed by atoms with E-state index in [0.717, 1.165) is 32.0 Å². The molecule has 1 N–H and O–H groups in total. The van der Waals surface area contributed by atoms with Gasteiger partial charge in [0.25, 0.3) is 0 Å². The normalized spacial score (nSPS) is 16.2. The fourth-order valence-electron chi connectivity index (χ4n) is 3.69. The van der Waals surface area contributed by atoms with Gasteiger partial charge < -0.3 is 10.2 Å². The third-order valence-electron chi connectivity index (χ3n) is 5.44. The number of pyridine rings is 1. The second-order valence-corrected chi connectivity index (χ2v) is 7.53. The van der Waals surface area contributed by atoms with Crippen LogP contribution in [0.25, 0.3) is 0 Å². The van der Waals surface area contributed by atoms with E-state index in [9.17, 15) is 4.79 Å². The lowest BCUT2D eigenvalue weighted by Gasteiger charge is -2.35. The molecule has 1 amide bonds. The van der Waals surface area contributed by atoms with Crippen molar-refractivity contribution in [2.24, 2.45) is 0 Å². The van der Waals surface area contributed by atoms with E-state index in [1.54, 1.807) is 0 Å². The van der Waals surface area contributed by atoms with E-state index in [1.807, 2.05) is 24.4 Å². The molecule has 0 saturated carbocycles. The Kier molecular flexibility index (Phi) is 6.11. The molecule has 2 heterocycles. The van der Waals surface area contributed by atoms with Crippen molar-refractivity contribution in [3.8, 4) is 0 Å². The van der Waals surface area contributed by atoms with Crippen LogP contribution in [0.1, 0.15) is 35.2 Å². The highest BCUT2D eigenvalue weighted by molar-refractivity contribution is 5.78. The smallest absolute Gasteiger partial charge is 0.234 e. The van der Waals surface area contributed by atoms with Crippen LogP contribution in [0.5, 0.6) is 0 Å². The summed E-state index contributed by atoms with van der Waals surface area (Å²) in [5.74, 6) is 1.10. The second-order valence-electron chi connectivity index (χ2n) is 7.53. The van der Waals surface area contributed by atoms with Crippen molar-refractivity contribution in [3.05, 3.63) is 58.8 Å². The number of anilines is 1. The van der Waals surface area contributed by atoms with Crippen molar-refractivity contribution in [2.45, 2.75) is 33.7 Å². The molecule has 5 nitrogen and oxygen atoms in total. The maximum Gasteiger partial charge on any atom is 0.234 e. The van der Waals surface area contributed by atoms with Gasteiger partial charge in [0.1, 0.15) is 5.82 Å². The first kappa shape index (κ1) is 19.4. The Morgan fingerprint density at radius 2 is 1.78 bits per heavy atom. The first-order chi connectivity index (χ1) is 12.9. The second kappa shape index (κ2) is 8.53. The number of benzene rings is 1. The van der Waals surface area contributed by atoms with Crippen LogP contribution in [0.4, 0.5) is 5.82 Å². The Balaban J connectivity index is 1.51. The summed E-state index contributed by atoms with van der Waals surface area (Å²) in [4.78, 5) is 21.4. The summed E-state index contributed by atoms with van der Waals surface area (Å²) in [6.45, 7) is 12.4. The molecule has 0 aliphatic carbocycles. The Bertz CT molecular complexity index is 782. The predicted octanol–water partition coefficient (Wildman–Crippen LogP) is 3.01. The lowest BCUT2D eigenvalue weighted by Crippen LogP contribution is -2.49. The fraction of sp³-hybridized carbons (Fsp3) is 0.455. The number of rotatable bonds is 5. The monoisotopic (exact) mass is 366 g/mol. The molecule has 0 bridgehead atoms. The Hall–Kier alpha value is -2.40. The lowest BCUT2D eigenvalue weighted by atomic mass is 9.96. The molecule has 27 heavy (non-hydrogen) atoms. The van der Waals surface area contributed by atoms with Crippen molar-refractivity contribution >= 4 is 11.7 Å². The third kappa shape index (κ3) is 4.86. The van der Waals surface area contributed by atoms with Gasteiger partial charge in [-0.15, -0.1) is 0 Å². The number of carbonyl (C=O) groups is 1. The molecular weight excluding hydrogens is 336 g/mol. The van der Waals surface area contributed by atoms with Crippen molar-refractivity contribution in [1.82, 2.24) is 15.2 Å². The molecule has 0 unspecified atom stereocenters. The molecule has 3 rings (SSSR count). The number of aryl methyl sites for hydroxylation is 3. The first-order valence-electron chi connectivity index (χ1n) is 9.69. The zero-order chi connectivity index (χ0) is 19.4. The Labute approximate surface area is 162 Å². The van der Waals surface area contributed by atoms with E-state index in [0.29, 0.717) is 6.54 Å². The summed E-state index contributed by atoms with van der Waals surface area (Å²) in [5.41, 5.74) is 4.99. The minimum absolute atomic E-state index is 0.0200. The molecule has 1 fully saturated rings. The average Bonchev–Trinajstić information content (AvgIpc) is 2.66. The van der Waals surface area contributed by atoms with Gasteiger partial charge in [0, 0.05) is 32.4 Å². The topological polar surface area (TPSA) is 48.5 Å².